The van der Waals surface area contributed by atoms with E-state index in [4.69, 9.17) is 0 Å². The Morgan fingerprint density at radius 1 is 1.10 bits per heavy atom. The molecule has 0 aromatic heterocycles. The van der Waals surface area contributed by atoms with Crippen LogP contribution < -0.4 is 5.32 Å². The monoisotopic (exact) mass is 141 g/mol. The molecule has 0 spiro atoms. The smallest absolute Gasteiger partial charge is 0.00388 e. The van der Waals surface area contributed by atoms with Crippen molar-refractivity contribution in [2.45, 2.75) is 45.6 Å². The van der Waals surface area contributed by atoms with Crippen LogP contribution in [0.3, 0.4) is 0 Å². The average Bonchev–Trinajstić information content (AvgIpc) is 1.90. The minimum atomic E-state index is 0.753. The Morgan fingerprint density at radius 3 is 2.70 bits per heavy atom. The summed E-state index contributed by atoms with van der Waals surface area (Å²) in [5.41, 5.74) is 0. The molecule has 0 amide bonds. The summed E-state index contributed by atoms with van der Waals surface area (Å²) in [6.45, 7) is 5.89. The highest BCUT2D eigenvalue weighted by molar-refractivity contribution is 4.67. The molecule has 1 fully saturated rings. The molecule has 1 heteroatoms. The Hall–Kier alpha value is -0.0400. The maximum Gasteiger partial charge on any atom is 0.00388 e. The summed E-state index contributed by atoms with van der Waals surface area (Å²) in [5.74, 6) is 0.963. The van der Waals surface area contributed by atoms with Gasteiger partial charge in [0.1, 0.15) is 0 Å². The fourth-order valence-corrected chi connectivity index (χ4v) is 1.58. The second kappa shape index (κ2) is 3.97. The summed E-state index contributed by atoms with van der Waals surface area (Å²) in [6, 6.07) is 0.753. The Kier molecular flexibility index (Phi) is 3.20. The maximum atomic E-state index is 3.50. The van der Waals surface area contributed by atoms with Crippen molar-refractivity contribution < 1.29 is 0 Å². The second-order valence-corrected chi connectivity index (χ2v) is 3.68. The zero-order valence-corrected chi connectivity index (χ0v) is 7.19. The van der Waals surface area contributed by atoms with Gasteiger partial charge in [0.2, 0.25) is 0 Å². The molecule has 1 N–H and O–H groups in total. The summed E-state index contributed by atoms with van der Waals surface area (Å²) in [7, 11) is 0. The average molecular weight is 141 g/mol. The SMILES string of the molecule is CC1CCCN[C@H](C)CC1. The molecule has 1 heterocycles. The van der Waals surface area contributed by atoms with Crippen LogP contribution in [-0.4, -0.2) is 12.6 Å². The molecule has 60 valence electrons. The van der Waals surface area contributed by atoms with Gasteiger partial charge in [-0.1, -0.05) is 6.92 Å². The normalized spacial score (nSPS) is 36.6. The van der Waals surface area contributed by atoms with Crippen LogP contribution in [-0.2, 0) is 0 Å². The van der Waals surface area contributed by atoms with Crippen LogP contribution in [0, 0.1) is 5.92 Å². The van der Waals surface area contributed by atoms with E-state index in [2.05, 4.69) is 19.2 Å². The lowest BCUT2D eigenvalue weighted by molar-refractivity contribution is 0.368. The van der Waals surface area contributed by atoms with E-state index in [1.54, 1.807) is 0 Å². The van der Waals surface area contributed by atoms with Crippen LogP contribution in [0.2, 0.25) is 0 Å². The minimum Gasteiger partial charge on any atom is -0.314 e. The van der Waals surface area contributed by atoms with Crippen molar-refractivity contribution in [1.29, 1.82) is 0 Å². The first kappa shape index (κ1) is 8.06. The predicted molar refractivity (Wildman–Crippen MR) is 45.1 cm³/mol. The van der Waals surface area contributed by atoms with Crippen LogP contribution >= 0.6 is 0 Å². The van der Waals surface area contributed by atoms with Crippen LogP contribution in [0.4, 0.5) is 0 Å². The standard InChI is InChI=1S/C9H19N/c1-8-4-3-7-10-9(2)6-5-8/h8-10H,3-7H2,1-2H3/t8?,9-/m1/s1. The van der Waals surface area contributed by atoms with E-state index in [9.17, 15) is 0 Å². The number of hydrogen-bond donors (Lipinski definition) is 1. The molecule has 1 rings (SSSR count). The van der Waals surface area contributed by atoms with Gasteiger partial charge >= 0.3 is 0 Å². The highest BCUT2D eigenvalue weighted by atomic mass is 14.9. The lowest BCUT2D eigenvalue weighted by atomic mass is 9.95. The molecule has 0 saturated carbocycles. The fraction of sp³-hybridized carbons (Fsp3) is 1.00. The van der Waals surface area contributed by atoms with Crippen molar-refractivity contribution >= 4 is 0 Å². The number of rotatable bonds is 0. The minimum absolute atomic E-state index is 0.753. The van der Waals surface area contributed by atoms with E-state index in [1.807, 2.05) is 0 Å². The van der Waals surface area contributed by atoms with Crippen molar-refractivity contribution in [3.63, 3.8) is 0 Å². The van der Waals surface area contributed by atoms with Gasteiger partial charge in [0, 0.05) is 6.04 Å². The molecule has 0 radical (unpaired) electrons. The lowest BCUT2D eigenvalue weighted by Crippen LogP contribution is -2.29. The van der Waals surface area contributed by atoms with Gasteiger partial charge in [-0.05, 0) is 45.1 Å². The molecular weight excluding hydrogens is 122 g/mol. The van der Waals surface area contributed by atoms with E-state index in [1.165, 1.54) is 32.2 Å². The summed E-state index contributed by atoms with van der Waals surface area (Å²) >= 11 is 0. The maximum absolute atomic E-state index is 3.50. The van der Waals surface area contributed by atoms with Crippen LogP contribution in [0.5, 0.6) is 0 Å². The highest BCUT2D eigenvalue weighted by Gasteiger charge is 2.09. The highest BCUT2D eigenvalue weighted by Crippen LogP contribution is 2.15. The number of nitrogens with one attached hydrogen (secondary N) is 1. The van der Waals surface area contributed by atoms with Gasteiger partial charge < -0.3 is 5.32 Å². The molecule has 1 nitrogen and oxygen atoms in total. The zero-order valence-electron chi connectivity index (χ0n) is 7.19. The Bertz CT molecular complexity index is 78.7. The Morgan fingerprint density at radius 2 is 1.90 bits per heavy atom. The topological polar surface area (TPSA) is 12.0 Å². The molecule has 1 aliphatic heterocycles. The first-order chi connectivity index (χ1) is 4.79. The lowest BCUT2D eigenvalue weighted by Gasteiger charge is -2.20. The van der Waals surface area contributed by atoms with E-state index < -0.39 is 0 Å². The van der Waals surface area contributed by atoms with E-state index in [-0.39, 0.29) is 0 Å². The Balaban J connectivity index is 2.23. The van der Waals surface area contributed by atoms with Crippen LogP contribution in [0.1, 0.15) is 39.5 Å². The molecule has 10 heavy (non-hydrogen) atoms. The summed E-state index contributed by atoms with van der Waals surface area (Å²) < 4.78 is 0. The molecular formula is C9H19N. The fourth-order valence-electron chi connectivity index (χ4n) is 1.58. The third-order valence-corrected chi connectivity index (χ3v) is 2.46. The van der Waals surface area contributed by atoms with E-state index in [0.29, 0.717) is 0 Å². The Labute approximate surface area is 64.2 Å². The third-order valence-electron chi connectivity index (χ3n) is 2.46. The molecule has 0 aromatic carbocycles. The van der Waals surface area contributed by atoms with Gasteiger partial charge in [-0.2, -0.15) is 0 Å². The van der Waals surface area contributed by atoms with Crippen molar-refractivity contribution in [3.05, 3.63) is 0 Å². The molecule has 1 unspecified atom stereocenters. The largest absolute Gasteiger partial charge is 0.314 e. The van der Waals surface area contributed by atoms with Gasteiger partial charge in [-0.25, -0.2) is 0 Å². The van der Waals surface area contributed by atoms with Gasteiger partial charge in [0.25, 0.3) is 0 Å². The molecule has 0 aliphatic carbocycles. The number of hydrogen-bond acceptors (Lipinski definition) is 1. The van der Waals surface area contributed by atoms with Gasteiger partial charge in [0.05, 0.1) is 0 Å². The summed E-state index contributed by atoms with van der Waals surface area (Å²) in [6.07, 6.45) is 5.56. The van der Waals surface area contributed by atoms with Gasteiger partial charge in [0.15, 0.2) is 0 Å². The van der Waals surface area contributed by atoms with E-state index >= 15 is 0 Å². The van der Waals surface area contributed by atoms with Crippen LogP contribution in [0.25, 0.3) is 0 Å². The predicted octanol–water partition coefficient (Wildman–Crippen LogP) is 2.17. The van der Waals surface area contributed by atoms with Gasteiger partial charge in [-0.15, -0.1) is 0 Å². The quantitative estimate of drug-likeness (QED) is 0.545. The molecule has 0 aromatic rings. The third kappa shape index (κ3) is 2.70. The molecule has 2 atom stereocenters. The van der Waals surface area contributed by atoms with Crippen molar-refractivity contribution in [2.24, 2.45) is 5.92 Å². The first-order valence-corrected chi connectivity index (χ1v) is 4.52. The van der Waals surface area contributed by atoms with Crippen molar-refractivity contribution in [3.8, 4) is 0 Å². The van der Waals surface area contributed by atoms with Crippen molar-refractivity contribution in [1.82, 2.24) is 5.32 Å². The second-order valence-electron chi connectivity index (χ2n) is 3.68. The van der Waals surface area contributed by atoms with Crippen LogP contribution in [0.15, 0.2) is 0 Å². The zero-order chi connectivity index (χ0) is 7.40. The summed E-state index contributed by atoms with van der Waals surface area (Å²) in [4.78, 5) is 0. The molecule has 0 bridgehead atoms. The molecule has 1 aliphatic rings. The van der Waals surface area contributed by atoms with E-state index in [0.717, 1.165) is 12.0 Å². The van der Waals surface area contributed by atoms with Crippen molar-refractivity contribution in [2.75, 3.05) is 6.54 Å². The summed E-state index contributed by atoms with van der Waals surface area (Å²) in [5, 5.41) is 3.50. The van der Waals surface area contributed by atoms with Gasteiger partial charge in [-0.3, -0.25) is 0 Å². The first-order valence-electron chi connectivity index (χ1n) is 4.52. The molecule has 1 saturated heterocycles.